The van der Waals surface area contributed by atoms with Gasteiger partial charge in [-0.15, -0.1) is 0 Å². The highest BCUT2D eigenvalue weighted by molar-refractivity contribution is 8.13. The highest BCUT2D eigenvalue weighted by atomic mass is 32.3. The number of nitrogens with one attached hydrogen (secondary N) is 1. The lowest BCUT2D eigenvalue weighted by atomic mass is 10.1. The van der Waals surface area contributed by atoms with E-state index in [1.807, 2.05) is 0 Å². The largest absolute Gasteiger partial charge is 0.480 e. The lowest BCUT2D eigenvalue weighted by molar-refractivity contribution is -0.704. The number of halogens is 6. The van der Waals surface area contributed by atoms with Crippen LogP contribution in [-0.2, 0) is 42.5 Å². The molecule has 0 fully saturated rings. The number of hydrogen-bond acceptors (Lipinski definition) is 8. The van der Waals surface area contributed by atoms with E-state index in [1.165, 1.54) is 50.3 Å². The van der Waals surface area contributed by atoms with Crippen LogP contribution in [0.25, 0.3) is 4.13 Å². The van der Waals surface area contributed by atoms with Crippen molar-refractivity contribution in [3.63, 3.8) is 0 Å². The van der Waals surface area contributed by atoms with Crippen molar-refractivity contribution in [3.05, 3.63) is 58.5 Å². The summed E-state index contributed by atoms with van der Waals surface area (Å²) in [6, 6.07) is 13.1. The van der Waals surface area contributed by atoms with Crippen LogP contribution in [0.5, 0.6) is 0 Å². The molecule has 0 aliphatic heterocycles. The van der Waals surface area contributed by atoms with Crippen molar-refractivity contribution >= 4 is 43.6 Å². The molecule has 1 heterocycles. The van der Waals surface area contributed by atoms with Crippen LogP contribution in [0.4, 0.5) is 42.5 Å². The number of carbonyl (C=O) groups excluding carboxylic acids is 2. The lowest BCUT2D eigenvalue weighted by Crippen LogP contribution is -2.37. The summed E-state index contributed by atoms with van der Waals surface area (Å²) in [5, 5.41) is 2.67. The molecule has 0 unspecified atom stereocenters. The van der Waals surface area contributed by atoms with E-state index >= 15 is 0 Å². The Balaban J connectivity index is 0.000000646. The maximum Gasteiger partial charge on any atom is 0.480 e. The number of aliphatic imine (C=N–C) groups is 1. The molecule has 19 heteroatoms. The van der Waals surface area contributed by atoms with Gasteiger partial charge in [0.2, 0.25) is 6.08 Å². The summed E-state index contributed by atoms with van der Waals surface area (Å²) in [6.07, 6.45) is 16.4. The number of isocyanates is 1. The fourth-order valence-electron chi connectivity index (χ4n) is 3.99. The summed E-state index contributed by atoms with van der Waals surface area (Å²) < 4.78 is 117. The number of alkyl halides is 6. The number of benzene rings is 1. The van der Waals surface area contributed by atoms with Gasteiger partial charge in [0.25, 0.3) is 0 Å². The Labute approximate surface area is 275 Å². The first-order valence-corrected chi connectivity index (χ1v) is 17.8. The van der Waals surface area contributed by atoms with Gasteiger partial charge in [0, 0.05) is 30.7 Å². The van der Waals surface area contributed by atoms with Crippen molar-refractivity contribution in [1.82, 2.24) is 0 Å². The van der Waals surface area contributed by atoms with Gasteiger partial charge in [-0.2, -0.15) is 31.3 Å². The van der Waals surface area contributed by atoms with E-state index in [0.29, 0.717) is 18.0 Å². The molecule has 2 rings (SSSR count). The zero-order valence-corrected chi connectivity index (χ0v) is 27.7. The van der Waals surface area contributed by atoms with Gasteiger partial charge in [-0.1, -0.05) is 45.1 Å². The maximum absolute atomic E-state index is 11.9. The average Bonchev–Trinajstić information content (AvgIpc) is 2.99. The number of aromatic nitrogens is 1. The highest BCUT2D eigenvalue weighted by Gasteiger charge is 2.46. The molecule has 0 spiro atoms. The van der Waals surface area contributed by atoms with E-state index in [4.69, 9.17) is 4.74 Å². The molecule has 2 aromatic rings. The minimum Gasteiger partial charge on any atom is -0.449 e. The zero-order chi connectivity index (χ0) is 36.3. The van der Waals surface area contributed by atoms with Gasteiger partial charge in [-0.05, 0) is 49.9 Å². The number of pyridine rings is 1. The van der Waals surface area contributed by atoms with Crippen LogP contribution in [0.2, 0.25) is 0 Å². The second-order valence-electron chi connectivity index (χ2n) is 10.2. The van der Waals surface area contributed by atoms with Crippen LogP contribution < -0.4 is 9.88 Å². The number of amides is 1. The van der Waals surface area contributed by atoms with Crippen molar-refractivity contribution in [2.75, 3.05) is 11.9 Å². The molecule has 11 nitrogen and oxygen atoms in total. The molecular formula is C29H38F6N4O7S2. The van der Waals surface area contributed by atoms with Crippen LogP contribution in [0.1, 0.15) is 76.8 Å². The Morgan fingerprint density at radius 2 is 1.40 bits per heavy atom. The molecular weight excluding hydrogens is 694 g/mol. The average molecular weight is 733 g/mol. The fourth-order valence-corrected chi connectivity index (χ4v) is 5.70. The predicted molar refractivity (Wildman–Crippen MR) is 165 cm³/mol. The monoisotopic (exact) mass is 732 g/mol. The maximum atomic E-state index is 11.9. The Morgan fingerprint density at radius 3 is 1.98 bits per heavy atom. The summed E-state index contributed by atoms with van der Waals surface area (Å²) in [5.41, 5.74) is -9.89. The van der Waals surface area contributed by atoms with Gasteiger partial charge < -0.3 is 8.86 Å². The summed E-state index contributed by atoms with van der Waals surface area (Å²) in [4.78, 5) is 25.6. The van der Waals surface area contributed by atoms with Crippen LogP contribution in [-0.4, -0.2) is 46.6 Å². The minimum atomic E-state index is -6.72. The van der Waals surface area contributed by atoms with E-state index in [-0.39, 0.29) is 0 Å². The van der Waals surface area contributed by atoms with Crippen molar-refractivity contribution in [2.45, 2.75) is 95.1 Å². The summed E-state index contributed by atoms with van der Waals surface area (Å²) >= 11 is 0. The zero-order valence-electron chi connectivity index (χ0n) is 26.1. The second kappa shape index (κ2) is 20.7. The highest BCUT2D eigenvalue weighted by Crippen LogP contribution is 2.36. The number of carbonyl (C=O) groups is 1. The molecule has 1 aromatic heterocycles. The molecule has 0 aliphatic rings. The van der Waals surface area contributed by atoms with Crippen molar-refractivity contribution in [3.8, 4) is 0 Å². The smallest absolute Gasteiger partial charge is 0.449 e. The molecule has 48 heavy (non-hydrogen) atoms. The van der Waals surface area contributed by atoms with Crippen molar-refractivity contribution < 1.29 is 62.1 Å². The third-order valence-corrected chi connectivity index (χ3v) is 9.16. The number of unbranched alkanes of at least 4 members (excludes halogenated alkanes) is 8. The third-order valence-electron chi connectivity index (χ3n) is 6.42. The molecule has 0 aliphatic carbocycles. The number of hydrogen-bond donors (Lipinski definition) is 1. The van der Waals surface area contributed by atoms with Gasteiger partial charge in [0.15, 0.2) is 31.9 Å². The van der Waals surface area contributed by atoms with E-state index in [0.717, 1.165) is 42.8 Å². The Hall–Kier alpha value is -3.54. The van der Waals surface area contributed by atoms with Gasteiger partial charge in [-0.3, -0.25) is 5.32 Å². The van der Waals surface area contributed by atoms with Crippen LogP contribution in [0.15, 0.2) is 53.7 Å². The van der Waals surface area contributed by atoms with Gasteiger partial charge in [0.1, 0.15) is 6.54 Å². The molecule has 0 saturated carbocycles. The summed E-state index contributed by atoms with van der Waals surface area (Å²) in [7, 11) is -13.4. The first kappa shape index (κ1) is 42.5. The number of sulfonamides is 2. The first-order chi connectivity index (χ1) is 22.4. The normalized spacial score (nSPS) is 12.0. The van der Waals surface area contributed by atoms with Crippen LogP contribution in [0.3, 0.4) is 0 Å². The minimum absolute atomic E-state index is 0.404. The SMILES string of the molecule is CCCCCCCCc1cccc[n+]1CCCCCCOC(=O)Nc1ccc(N=C=O)cc1.O=S(=O)([N-]S(=O)(=O)C(F)(F)F)C(F)(F)F. The molecule has 0 bridgehead atoms. The molecule has 0 atom stereocenters. The number of nitrogens with zero attached hydrogens (tertiary/aromatic N) is 3. The fraction of sp³-hybridized carbons (Fsp3) is 0.552. The number of anilines is 1. The van der Waals surface area contributed by atoms with Gasteiger partial charge in [-0.25, -0.2) is 31.0 Å². The van der Waals surface area contributed by atoms with E-state index < -0.39 is 37.2 Å². The Morgan fingerprint density at radius 1 is 0.833 bits per heavy atom. The third kappa shape index (κ3) is 16.5. The Kier molecular flexibility index (Phi) is 18.4. The van der Waals surface area contributed by atoms with Gasteiger partial charge >= 0.3 is 17.1 Å². The lowest BCUT2D eigenvalue weighted by Gasteiger charge is -2.22. The molecule has 1 N–H and O–H groups in total. The second-order valence-corrected chi connectivity index (χ2v) is 13.7. The van der Waals surface area contributed by atoms with E-state index in [1.54, 1.807) is 24.3 Å². The van der Waals surface area contributed by atoms with Crippen LogP contribution in [0, 0.1) is 0 Å². The first-order valence-electron chi connectivity index (χ1n) is 14.9. The predicted octanol–water partition coefficient (Wildman–Crippen LogP) is 7.71. The number of rotatable bonds is 18. The van der Waals surface area contributed by atoms with E-state index in [2.05, 4.69) is 46.2 Å². The molecule has 1 aromatic carbocycles. The molecule has 0 saturated heterocycles. The topological polar surface area (TPSA) is 154 Å². The van der Waals surface area contributed by atoms with Gasteiger partial charge in [0.05, 0.1) is 12.3 Å². The van der Waals surface area contributed by atoms with Crippen molar-refractivity contribution in [1.29, 1.82) is 0 Å². The van der Waals surface area contributed by atoms with Crippen molar-refractivity contribution in [2.24, 2.45) is 4.99 Å². The molecule has 270 valence electrons. The van der Waals surface area contributed by atoms with E-state index in [9.17, 15) is 52.8 Å². The summed E-state index contributed by atoms with van der Waals surface area (Å²) in [6.45, 7) is 3.70. The molecule has 0 radical (unpaired) electrons. The van der Waals surface area contributed by atoms with Crippen LogP contribution >= 0.6 is 0 Å². The Bertz CT molecular complexity index is 1490. The number of ether oxygens (including phenoxy) is 1. The number of aryl methyl sites for hydroxylation is 2. The quantitative estimate of drug-likeness (QED) is 0.0541. The molecule has 1 amide bonds. The summed E-state index contributed by atoms with van der Waals surface area (Å²) in [5.74, 6) is 0. The standard InChI is InChI=1S/C27H37N3O3.C2F6NO4S2/c1-2-3-4-5-6-9-14-26-15-10-12-21-30(26)20-11-7-8-13-22-33-27(32)29-25-18-16-24(17-19-25)28-23-31;3-1(4,5)14(10,11)9-15(12,13)2(6,7)8/h10,12,15-19,21H,2-9,11,13-14,20,22H2,1H3;/q;-1/p+1.